The molecule has 1 heterocycles. The van der Waals surface area contributed by atoms with Crippen LogP contribution in [0, 0.1) is 3.70 Å². The summed E-state index contributed by atoms with van der Waals surface area (Å²) in [5.41, 5.74) is -0.208. The van der Waals surface area contributed by atoms with E-state index in [2.05, 4.69) is 20.9 Å². The molecule has 0 saturated carbocycles. The number of rotatable bonds is 1. The molecule has 0 aliphatic rings. The molecule has 12 heavy (non-hydrogen) atoms. The Kier molecular flexibility index (Phi) is 3.66. The van der Waals surface area contributed by atoms with Crippen LogP contribution in [0.25, 0.3) is 0 Å². The Bertz CT molecular complexity index is 285. The summed E-state index contributed by atoms with van der Waals surface area (Å²) in [5.74, 6) is 0. The first-order chi connectivity index (χ1) is 5.52. The summed E-state index contributed by atoms with van der Waals surface area (Å²) in [6.07, 6.45) is -2.58. The van der Waals surface area contributed by atoms with Crippen LogP contribution in [0.4, 0.5) is 8.78 Å². The number of aromatic nitrogens is 1. The molecule has 6 heteroatoms. The minimum absolute atomic E-state index is 0.0382. The predicted molar refractivity (Wildman–Crippen MR) is 54.6 cm³/mol. The van der Waals surface area contributed by atoms with Gasteiger partial charge in [0.1, 0.15) is 8.30 Å². The van der Waals surface area contributed by atoms with Crippen LogP contribution in [0.5, 0.6) is 0 Å². The second kappa shape index (κ2) is 4.15. The molecule has 0 aliphatic heterocycles. The van der Waals surface area contributed by atoms with Gasteiger partial charge in [0.2, 0.25) is 0 Å². The first-order valence-corrected chi connectivity index (χ1v) is 5.07. The zero-order chi connectivity index (χ0) is 9.30. The molecule has 0 atom stereocenters. The third-order valence-corrected chi connectivity index (χ3v) is 2.69. The fourth-order valence-electron chi connectivity index (χ4n) is 0.661. The number of alkyl halides is 2. The average Bonchev–Trinajstić information content (AvgIpc) is 1.82. The number of nitrogens with zero attached hydrogens (tertiary/aromatic N) is 1. The van der Waals surface area contributed by atoms with Gasteiger partial charge < -0.3 is 0 Å². The van der Waals surface area contributed by atoms with Crippen molar-refractivity contribution in [3.05, 3.63) is 25.0 Å². The smallest absolute Gasteiger partial charge is 0.234 e. The highest BCUT2D eigenvalue weighted by molar-refractivity contribution is 14.1. The van der Waals surface area contributed by atoms with Crippen LogP contribution >= 0.6 is 50.1 Å². The Morgan fingerprint density at radius 2 is 2.17 bits per heavy atom. The lowest BCUT2D eigenvalue weighted by atomic mass is 10.3. The van der Waals surface area contributed by atoms with Crippen LogP contribution in [0.1, 0.15) is 12.0 Å². The first kappa shape index (κ1) is 10.6. The van der Waals surface area contributed by atoms with E-state index in [-0.39, 0.29) is 14.3 Å². The summed E-state index contributed by atoms with van der Waals surface area (Å²) < 4.78 is 25.2. The Balaban J connectivity index is 3.28. The van der Waals surface area contributed by atoms with Crippen LogP contribution in [0.15, 0.2) is 10.7 Å². The van der Waals surface area contributed by atoms with Crippen LogP contribution in [0.3, 0.4) is 0 Å². The van der Waals surface area contributed by atoms with Crippen molar-refractivity contribution in [1.29, 1.82) is 0 Å². The van der Waals surface area contributed by atoms with Gasteiger partial charge in [0.25, 0.3) is 6.43 Å². The van der Waals surface area contributed by atoms with Crippen molar-refractivity contribution in [2.24, 2.45) is 0 Å². The highest BCUT2D eigenvalue weighted by Crippen LogP contribution is 2.31. The molecule has 0 N–H and O–H groups in total. The molecule has 0 amide bonds. The highest BCUT2D eigenvalue weighted by Gasteiger charge is 2.17. The second-order valence-electron chi connectivity index (χ2n) is 1.93. The lowest BCUT2D eigenvalue weighted by Gasteiger charge is -2.04. The molecule has 0 saturated heterocycles. The summed E-state index contributed by atoms with van der Waals surface area (Å²) >= 11 is 10.3. The Labute approximate surface area is 94.8 Å². The molecule has 0 aromatic carbocycles. The Morgan fingerprint density at radius 3 is 2.58 bits per heavy atom. The molecular weight excluding hydrogens is 366 g/mol. The lowest BCUT2D eigenvalue weighted by molar-refractivity contribution is 0.150. The topological polar surface area (TPSA) is 12.9 Å². The van der Waals surface area contributed by atoms with E-state index in [1.165, 1.54) is 6.07 Å². The fraction of sp³-hybridized carbons (Fsp3) is 0.167. The molecule has 66 valence electrons. The summed E-state index contributed by atoms with van der Waals surface area (Å²) in [6, 6.07) is 1.35. The molecule has 1 rings (SSSR count). The first-order valence-electron chi connectivity index (χ1n) is 2.82. The van der Waals surface area contributed by atoms with E-state index < -0.39 is 6.43 Å². The van der Waals surface area contributed by atoms with E-state index in [1.807, 2.05) is 0 Å². The third kappa shape index (κ3) is 2.26. The van der Waals surface area contributed by atoms with Crippen LogP contribution in [-0.4, -0.2) is 4.98 Å². The van der Waals surface area contributed by atoms with Crippen LogP contribution < -0.4 is 0 Å². The van der Waals surface area contributed by atoms with Gasteiger partial charge in [-0.05, 0) is 44.6 Å². The van der Waals surface area contributed by atoms with Gasteiger partial charge in [0.15, 0.2) is 0 Å². The Hall–Kier alpha value is 0.510. The normalized spacial score (nSPS) is 10.8. The number of pyridine rings is 1. The van der Waals surface area contributed by atoms with Gasteiger partial charge in [-0.2, -0.15) is 0 Å². The maximum Gasteiger partial charge on any atom is 0.267 e. The van der Waals surface area contributed by atoms with Gasteiger partial charge in [-0.15, -0.1) is 0 Å². The third-order valence-electron chi connectivity index (χ3n) is 1.15. The van der Waals surface area contributed by atoms with E-state index >= 15 is 0 Å². The molecule has 1 aromatic rings. The fourth-order valence-corrected chi connectivity index (χ4v) is 2.75. The molecule has 1 aromatic heterocycles. The van der Waals surface area contributed by atoms with Crippen molar-refractivity contribution in [3.8, 4) is 0 Å². The standard InChI is InChI=1S/C6H2BrClF2IN/c7-3-1-2(8)4(5(9)10)6(11)12-3/h1,5H. The number of halogens is 5. The van der Waals surface area contributed by atoms with Gasteiger partial charge in [0.05, 0.1) is 10.6 Å². The van der Waals surface area contributed by atoms with Gasteiger partial charge in [-0.1, -0.05) is 11.6 Å². The molecule has 0 fully saturated rings. The summed E-state index contributed by atoms with van der Waals surface area (Å²) in [7, 11) is 0. The van der Waals surface area contributed by atoms with E-state index in [1.54, 1.807) is 22.6 Å². The zero-order valence-electron chi connectivity index (χ0n) is 5.49. The Morgan fingerprint density at radius 1 is 1.58 bits per heavy atom. The number of hydrogen-bond donors (Lipinski definition) is 0. The van der Waals surface area contributed by atoms with Crippen molar-refractivity contribution in [1.82, 2.24) is 4.98 Å². The molecule has 1 nitrogen and oxygen atoms in total. The average molecular weight is 368 g/mol. The zero-order valence-corrected chi connectivity index (χ0v) is 9.99. The maximum atomic E-state index is 12.3. The van der Waals surface area contributed by atoms with E-state index in [4.69, 9.17) is 11.6 Å². The van der Waals surface area contributed by atoms with Crippen LogP contribution in [-0.2, 0) is 0 Å². The van der Waals surface area contributed by atoms with Crippen molar-refractivity contribution in [2.45, 2.75) is 6.43 Å². The molecule has 0 bridgehead atoms. The lowest BCUT2D eigenvalue weighted by Crippen LogP contribution is -1.94. The molecule has 0 spiro atoms. The van der Waals surface area contributed by atoms with Gasteiger partial charge in [0, 0.05) is 0 Å². The molecule has 0 radical (unpaired) electrons. The number of hydrogen-bond acceptors (Lipinski definition) is 1. The van der Waals surface area contributed by atoms with E-state index in [0.29, 0.717) is 4.60 Å². The van der Waals surface area contributed by atoms with Crippen molar-refractivity contribution >= 4 is 50.1 Å². The van der Waals surface area contributed by atoms with E-state index in [0.717, 1.165) is 0 Å². The van der Waals surface area contributed by atoms with E-state index in [9.17, 15) is 8.78 Å². The minimum atomic E-state index is -2.58. The SMILES string of the molecule is FC(F)c1c(Cl)cc(Br)nc1I. The molecular formula is C6H2BrClF2IN. The molecule has 0 aliphatic carbocycles. The van der Waals surface area contributed by atoms with Crippen molar-refractivity contribution in [2.75, 3.05) is 0 Å². The monoisotopic (exact) mass is 367 g/mol. The molecule has 0 unspecified atom stereocenters. The summed E-state index contributed by atoms with van der Waals surface area (Å²) in [5, 5.41) is 0.0382. The predicted octanol–water partition coefficient (Wildman–Crippen LogP) is 4.04. The summed E-state index contributed by atoms with van der Waals surface area (Å²) in [6.45, 7) is 0. The second-order valence-corrected chi connectivity index (χ2v) is 4.17. The summed E-state index contributed by atoms with van der Waals surface area (Å²) in [4.78, 5) is 3.79. The van der Waals surface area contributed by atoms with Crippen LogP contribution in [0.2, 0.25) is 5.02 Å². The van der Waals surface area contributed by atoms with Crippen molar-refractivity contribution < 1.29 is 8.78 Å². The quantitative estimate of drug-likeness (QED) is 0.539. The van der Waals surface area contributed by atoms with Gasteiger partial charge >= 0.3 is 0 Å². The highest BCUT2D eigenvalue weighted by atomic mass is 127. The minimum Gasteiger partial charge on any atom is -0.234 e. The van der Waals surface area contributed by atoms with Gasteiger partial charge in [-0.3, -0.25) is 0 Å². The largest absolute Gasteiger partial charge is 0.267 e. The maximum absolute atomic E-state index is 12.3. The van der Waals surface area contributed by atoms with Gasteiger partial charge in [-0.25, -0.2) is 13.8 Å². The van der Waals surface area contributed by atoms with Crippen molar-refractivity contribution in [3.63, 3.8) is 0 Å².